The second kappa shape index (κ2) is 8.51. The molecule has 0 amide bonds. The van der Waals surface area contributed by atoms with Gasteiger partial charge in [-0.15, -0.1) is 0 Å². The molecule has 2 heterocycles. The molecule has 2 aliphatic rings. The number of halogens is 3. The zero-order valence-electron chi connectivity index (χ0n) is 17.2. The third-order valence-corrected chi connectivity index (χ3v) is 7.54. The Balaban J connectivity index is 1.21. The summed E-state index contributed by atoms with van der Waals surface area (Å²) in [5.41, 5.74) is 1.06. The standard InChI is InChI=1S/C23H20BrF2N3O2S/c1-32(30)16-4-2-13(3-5-16)14-6-20(25)22(21(26)7-14)31-12-19-17-10-29(11-18(17)19)23-27-8-15(24)9-28-23/h2-9,17-19H,10-12H2,1H3. The van der Waals surface area contributed by atoms with Gasteiger partial charge in [0.05, 0.1) is 11.1 Å². The fourth-order valence-electron chi connectivity index (χ4n) is 4.41. The van der Waals surface area contributed by atoms with Crippen molar-refractivity contribution in [3.63, 3.8) is 0 Å². The van der Waals surface area contributed by atoms with Crippen LogP contribution in [0.4, 0.5) is 14.7 Å². The van der Waals surface area contributed by atoms with E-state index in [1.165, 1.54) is 12.1 Å². The van der Waals surface area contributed by atoms with Crippen molar-refractivity contribution in [2.45, 2.75) is 4.90 Å². The van der Waals surface area contributed by atoms with E-state index in [1.54, 1.807) is 42.9 Å². The van der Waals surface area contributed by atoms with Crippen LogP contribution in [0.1, 0.15) is 0 Å². The van der Waals surface area contributed by atoms with Crippen molar-refractivity contribution in [2.75, 3.05) is 30.9 Å². The molecule has 2 aromatic carbocycles. The fraction of sp³-hybridized carbons (Fsp3) is 0.304. The zero-order valence-corrected chi connectivity index (χ0v) is 19.6. The number of benzene rings is 2. The summed E-state index contributed by atoms with van der Waals surface area (Å²) in [6, 6.07) is 9.35. The predicted octanol–water partition coefficient (Wildman–Crippen LogP) is 4.68. The molecule has 1 aliphatic heterocycles. The van der Waals surface area contributed by atoms with Crippen molar-refractivity contribution in [2.24, 2.45) is 17.8 Å². The number of anilines is 1. The van der Waals surface area contributed by atoms with Gasteiger partial charge < -0.3 is 9.64 Å². The number of aromatic nitrogens is 2. The molecule has 5 nitrogen and oxygen atoms in total. The Labute approximate surface area is 195 Å². The summed E-state index contributed by atoms with van der Waals surface area (Å²) in [6.07, 6.45) is 5.03. The minimum atomic E-state index is -1.10. The molecule has 1 aromatic heterocycles. The smallest absolute Gasteiger partial charge is 0.225 e. The highest BCUT2D eigenvalue weighted by atomic mass is 79.9. The highest BCUT2D eigenvalue weighted by Gasteiger charge is 2.56. The molecule has 0 N–H and O–H groups in total. The van der Waals surface area contributed by atoms with Gasteiger partial charge in [-0.3, -0.25) is 4.21 Å². The Bertz CT molecular complexity index is 1140. The number of nitrogens with zero attached hydrogens (tertiary/aromatic N) is 3. The first-order chi connectivity index (χ1) is 15.4. The number of fused-ring (bicyclic) bond motifs is 1. The van der Waals surface area contributed by atoms with E-state index in [-0.39, 0.29) is 18.3 Å². The van der Waals surface area contributed by atoms with Gasteiger partial charge in [0, 0.05) is 53.4 Å². The lowest BCUT2D eigenvalue weighted by Crippen LogP contribution is -2.27. The fourth-order valence-corrected chi connectivity index (χ4v) is 5.14. The number of piperidine rings is 1. The largest absolute Gasteiger partial charge is 0.487 e. The Morgan fingerprint density at radius 2 is 1.66 bits per heavy atom. The lowest BCUT2D eigenvalue weighted by Gasteiger charge is -2.19. The summed E-state index contributed by atoms with van der Waals surface area (Å²) in [6.45, 7) is 1.93. The van der Waals surface area contributed by atoms with Gasteiger partial charge in [-0.25, -0.2) is 18.7 Å². The molecule has 32 heavy (non-hydrogen) atoms. The minimum absolute atomic E-state index is 0.280. The van der Waals surface area contributed by atoms with E-state index in [4.69, 9.17) is 4.74 Å². The number of rotatable bonds is 6. The Hall–Kier alpha value is -2.39. The monoisotopic (exact) mass is 519 g/mol. The summed E-state index contributed by atoms with van der Waals surface area (Å²) in [4.78, 5) is 11.4. The Kier molecular flexibility index (Phi) is 5.71. The van der Waals surface area contributed by atoms with E-state index >= 15 is 0 Å². The second-order valence-electron chi connectivity index (χ2n) is 8.16. The molecular formula is C23H20BrF2N3O2S. The van der Waals surface area contributed by atoms with Crippen molar-refractivity contribution in [3.05, 3.63) is 64.9 Å². The zero-order chi connectivity index (χ0) is 22.4. The van der Waals surface area contributed by atoms with Crippen molar-refractivity contribution in [1.29, 1.82) is 0 Å². The molecule has 1 aliphatic carbocycles. The van der Waals surface area contributed by atoms with Crippen LogP contribution in [0.2, 0.25) is 0 Å². The van der Waals surface area contributed by atoms with Crippen LogP contribution in [-0.2, 0) is 10.8 Å². The van der Waals surface area contributed by atoms with Crippen LogP contribution in [0.5, 0.6) is 5.75 Å². The van der Waals surface area contributed by atoms with E-state index < -0.39 is 22.4 Å². The number of hydrogen-bond acceptors (Lipinski definition) is 5. The van der Waals surface area contributed by atoms with Crippen LogP contribution in [0.25, 0.3) is 11.1 Å². The van der Waals surface area contributed by atoms with Gasteiger partial charge in [-0.1, -0.05) is 12.1 Å². The van der Waals surface area contributed by atoms with Gasteiger partial charge in [-0.2, -0.15) is 0 Å². The average molecular weight is 520 g/mol. The molecule has 3 aromatic rings. The normalized spacial score (nSPS) is 22.5. The van der Waals surface area contributed by atoms with Crippen molar-refractivity contribution in [3.8, 4) is 16.9 Å². The van der Waals surface area contributed by atoms with Crippen LogP contribution in [-0.4, -0.2) is 40.1 Å². The van der Waals surface area contributed by atoms with Crippen LogP contribution < -0.4 is 9.64 Å². The quantitative estimate of drug-likeness (QED) is 0.473. The minimum Gasteiger partial charge on any atom is -0.487 e. The molecular weight excluding hydrogens is 500 g/mol. The maximum absolute atomic E-state index is 14.6. The maximum atomic E-state index is 14.6. The molecule has 1 saturated heterocycles. The first-order valence-electron chi connectivity index (χ1n) is 10.2. The summed E-state index contributed by atoms with van der Waals surface area (Å²) >= 11 is 3.33. The molecule has 5 rings (SSSR count). The van der Waals surface area contributed by atoms with Crippen LogP contribution in [0.3, 0.4) is 0 Å². The second-order valence-corrected chi connectivity index (χ2v) is 10.5. The highest BCUT2D eigenvalue weighted by Crippen LogP contribution is 2.52. The molecule has 9 heteroatoms. The van der Waals surface area contributed by atoms with E-state index in [1.807, 2.05) is 0 Å². The summed E-state index contributed by atoms with van der Waals surface area (Å²) < 4.78 is 47.2. The third kappa shape index (κ3) is 4.15. The van der Waals surface area contributed by atoms with Gasteiger partial charge >= 0.3 is 0 Å². The first kappa shape index (κ1) is 21.5. The first-order valence-corrected chi connectivity index (χ1v) is 12.5. The molecule has 1 saturated carbocycles. The lowest BCUT2D eigenvalue weighted by atomic mass is 10.1. The van der Waals surface area contributed by atoms with E-state index in [0.717, 1.165) is 17.6 Å². The lowest BCUT2D eigenvalue weighted by molar-refractivity contribution is 0.257. The third-order valence-electron chi connectivity index (χ3n) is 6.20. The summed E-state index contributed by atoms with van der Waals surface area (Å²) in [7, 11) is -1.10. The molecule has 166 valence electrons. The van der Waals surface area contributed by atoms with Gasteiger partial charge in [0.2, 0.25) is 5.95 Å². The van der Waals surface area contributed by atoms with Crippen molar-refractivity contribution >= 4 is 32.7 Å². The van der Waals surface area contributed by atoms with Gasteiger partial charge in [-0.05, 0) is 63.2 Å². The predicted molar refractivity (Wildman–Crippen MR) is 122 cm³/mol. The highest BCUT2D eigenvalue weighted by molar-refractivity contribution is 9.10. The number of ether oxygens (including phenoxy) is 1. The van der Waals surface area contributed by atoms with Crippen LogP contribution in [0.15, 0.2) is 58.2 Å². The molecule has 3 atom stereocenters. The average Bonchev–Trinajstić information content (AvgIpc) is 3.22. The maximum Gasteiger partial charge on any atom is 0.225 e. The molecule has 2 fully saturated rings. The molecule has 0 radical (unpaired) electrons. The van der Waals surface area contributed by atoms with Crippen LogP contribution in [0, 0.1) is 29.4 Å². The molecule has 3 unspecified atom stereocenters. The Morgan fingerprint density at radius 1 is 1.06 bits per heavy atom. The van der Waals surface area contributed by atoms with Crippen LogP contribution >= 0.6 is 15.9 Å². The molecule has 0 spiro atoms. The molecule has 0 bridgehead atoms. The van der Waals surface area contributed by atoms with Crippen molar-refractivity contribution in [1.82, 2.24) is 9.97 Å². The Morgan fingerprint density at radius 3 is 2.22 bits per heavy atom. The van der Waals surface area contributed by atoms with E-state index in [2.05, 4.69) is 30.8 Å². The van der Waals surface area contributed by atoms with E-state index in [0.29, 0.717) is 33.8 Å². The number of hydrogen-bond donors (Lipinski definition) is 0. The SMILES string of the molecule is CS(=O)c1ccc(-c2cc(F)c(OCC3C4CN(c5ncc(Br)cn5)CC34)c(F)c2)cc1. The van der Waals surface area contributed by atoms with Crippen molar-refractivity contribution < 1.29 is 17.7 Å². The summed E-state index contributed by atoms with van der Waals surface area (Å²) in [5.74, 6) is 0.0509. The summed E-state index contributed by atoms with van der Waals surface area (Å²) in [5, 5.41) is 0. The van der Waals surface area contributed by atoms with Gasteiger partial charge in [0.1, 0.15) is 0 Å². The van der Waals surface area contributed by atoms with Gasteiger partial charge in [0.25, 0.3) is 0 Å². The topological polar surface area (TPSA) is 55.3 Å². The van der Waals surface area contributed by atoms with E-state index in [9.17, 15) is 13.0 Å². The van der Waals surface area contributed by atoms with Gasteiger partial charge in [0.15, 0.2) is 17.4 Å².